The Balaban J connectivity index is 2.65. The summed E-state index contributed by atoms with van der Waals surface area (Å²) in [7, 11) is 0. The van der Waals surface area contributed by atoms with Crippen LogP contribution < -0.4 is 11.1 Å². The van der Waals surface area contributed by atoms with Crippen LogP contribution in [0.15, 0.2) is 18.2 Å². The van der Waals surface area contributed by atoms with Crippen molar-refractivity contribution in [2.24, 2.45) is 11.3 Å². The van der Waals surface area contributed by atoms with Gasteiger partial charge in [-0.25, -0.2) is 4.39 Å². The zero-order valence-electron chi connectivity index (χ0n) is 10.5. The standard InChI is InChI=1S/C13H21FN2/c1-9(2)13(3,4)8-16-10-5-6-12(15)11(14)7-10/h5-7,9,16H,8,15H2,1-4H3. The number of nitrogens with two attached hydrogens (primary N) is 1. The van der Waals surface area contributed by atoms with Gasteiger partial charge in [0.15, 0.2) is 0 Å². The van der Waals surface area contributed by atoms with Crippen molar-refractivity contribution >= 4 is 11.4 Å². The first-order valence-electron chi connectivity index (χ1n) is 5.62. The Morgan fingerprint density at radius 2 is 2.00 bits per heavy atom. The van der Waals surface area contributed by atoms with E-state index in [-0.39, 0.29) is 16.9 Å². The van der Waals surface area contributed by atoms with Gasteiger partial charge in [0.25, 0.3) is 0 Å². The molecule has 0 heterocycles. The Kier molecular flexibility index (Phi) is 3.79. The molecule has 0 aliphatic heterocycles. The minimum absolute atomic E-state index is 0.178. The smallest absolute Gasteiger partial charge is 0.148 e. The van der Waals surface area contributed by atoms with E-state index >= 15 is 0 Å². The number of benzene rings is 1. The molecule has 0 aliphatic carbocycles. The second kappa shape index (κ2) is 4.73. The van der Waals surface area contributed by atoms with E-state index < -0.39 is 0 Å². The van der Waals surface area contributed by atoms with Crippen LogP contribution >= 0.6 is 0 Å². The van der Waals surface area contributed by atoms with Gasteiger partial charge in [0.1, 0.15) is 5.82 Å². The normalized spacial score (nSPS) is 11.9. The monoisotopic (exact) mass is 224 g/mol. The molecule has 0 saturated carbocycles. The zero-order chi connectivity index (χ0) is 12.3. The quantitative estimate of drug-likeness (QED) is 0.768. The number of nitrogen functional groups attached to an aromatic ring is 1. The molecule has 0 saturated heterocycles. The first-order valence-corrected chi connectivity index (χ1v) is 5.62. The molecular formula is C13H21FN2. The van der Waals surface area contributed by atoms with E-state index in [1.807, 2.05) is 0 Å². The fraction of sp³-hybridized carbons (Fsp3) is 0.538. The van der Waals surface area contributed by atoms with Crippen LogP contribution in [0.5, 0.6) is 0 Å². The largest absolute Gasteiger partial charge is 0.396 e. The summed E-state index contributed by atoms with van der Waals surface area (Å²) in [5.41, 5.74) is 6.56. The molecule has 3 N–H and O–H groups in total. The van der Waals surface area contributed by atoms with Gasteiger partial charge in [-0.15, -0.1) is 0 Å². The molecule has 0 unspecified atom stereocenters. The molecule has 1 rings (SSSR count). The van der Waals surface area contributed by atoms with Crippen LogP contribution in [-0.2, 0) is 0 Å². The lowest BCUT2D eigenvalue weighted by molar-refractivity contribution is 0.269. The van der Waals surface area contributed by atoms with Crippen LogP contribution in [0, 0.1) is 17.2 Å². The van der Waals surface area contributed by atoms with E-state index in [0.717, 1.165) is 12.2 Å². The van der Waals surface area contributed by atoms with Crippen molar-refractivity contribution in [2.75, 3.05) is 17.6 Å². The molecule has 0 fully saturated rings. The summed E-state index contributed by atoms with van der Waals surface area (Å²) < 4.78 is 13.2. The van der Waals surface area contributed by atoms with E-state index in [0.29, 0.717) is 5.92 Å². The predicted molar refractivity (Wildman–Crippen MR) is 67.9 cm³/mol. The maximum Gasteiger partial charge on any atom is 0.148 e. The lowest BCUT2D eigenvalue weighted by atomic mass is 9.81. The Bertz CT molecular complexity index is 359. The fourth-order valence-electron chi connectivity index (χ4n) is 1.17. The van der Waals surface area contributed by atoms with Crippen LogP contribution in [0.3, 0.4) is 0 Å². The third kappa shape index (κ3) is 3.12. The lowest BCUT2D eigenvalue weighted by Crippen LogP contribution is -2.28. The molecular weight excluding hydrogens is 203 g/mol. The third-order valence-electron chi connectivity index (χ3n) is 3.31. The van der Waals surface area contributed by atoms with E-state index in [4.69, 9.17) is 5.73 Å². The lowest BCUT2D eigenvalue weighted by Gasteiger charge is -2.29. The Hall–Kier alpha value is -1.25. The molecule has 1 aromatic carbocycles. The molecule has 0 radical (unpaired) electrons. The highest BCUT2D eigenvalue weighted by Gasteiger charge is 2.21. The molecule has 0 aliphatic rings. The van der Waals surface area contributed by atoms with Gasteiger partial charge in [0.2, 0.25) is 0 Å². The SMILES string of the molecule is CC(C)C(C)(C)CNc1ccc(N)c(F)c1. The zero-order valence-corrected chi connectivity index (χ0v) is 10.5. The Morgan fingerprint density at radius 1 is 1.38 bits per heavy atom. The summed E-state index contributed by atoms with van der Waals surface area (Å²) >= 11 is 0. The van der Waals surface area contributed by atoms with Crippen molar-refractivity contribution in [1.82, 2.24) is 0 Å². The molecule has 90 valence electrons. The topological polar surface area (TPSA) is 38.0 Å². The van der Waals surface area contributed by atoms with Gasteiger partial charge in [-0.2, -0.15) is 0 Å². The first-order chi connectivity index (χ1) is 7.33. The van der Waals surface area contributed by atoms with Crippen LogP contribution in [0.1, 0.15) is 27.7 Å². The minimum Gasteiger partial charge on any atom is -0.396 e. The van der Waals surface area contributed by atoms with Crippen LogP contribution in [-0.4, -0.2) is 6.54 Å². The molecule has 2 nitrogen and oxygen atoms in total. The number of halogens is 1. The summed E-state index contributed by atoms with van der Waals surface area (Å²) in [6, 6.07) is 4.82. The highest BCUT2D eigenvalue weighted by atomic mass is 19.1. The molecule has 16 heavy (non-hydrogen) atoms. The highest BCUT2D eigenvalue weighted by Crippen LogP contribution is 2.26. The van der Waals surface area contributed by atoms with Crippen molar-refractivity contribution in [3.8, 4) is 0 Å². The number of anilines is 2. The number of nitrogens with one attached hydrogen (secondary N) is 1. The highest BCUT2D eigenvalue weighted by molar-refractivity contribution is 5.52. The average Bonchev–Trinajstić information content (AvgIpc) is 2.20. The van der Waals surface area contributed by atoms with Gasteiger partial charge in [0.05, 0.1) is 5.69 Å². The molecule has 0 atom stereocenters. The van der Waals surface area contributed by atoms with Gasteiger partial charge < -0.3 is 11.1 Å². The van der Waals surface area contributed by atoms with Crippen LogP contribution in [0.4, 0.5) is 15.8 Å². The number of rotatable bonds is 4. The van der Waals surface area contributed by atoms with E-state index in [1.54, 1.807) is 12.1 Å². The van der Waals surface area contributed by atoms with Gasteiger partial charge in [-0.05, 0) is 29.5 Å². The first kappa shape index (κ1) is 12.8. The van der Waals surface area contributed by atoms with E-state index in [1.165, 1.54) is 6.07 Å². The second-order valence-corrected chi connectivity index (χ2v) is 5.23. The third-order valence-corrected chi connectivity index (χ3v) is 3.31. The maximum absolute atomic E-state index is 13.2. The van der Waals surface area contributed by atoms with Crippen molar-refractivity contribution in [3.05, 3.63) is 24.0 Å². The molecule has 0 aromatic heterocycles. The van der Waals surface area contributed by atoms with Gasteiger partial charge in [-0.1, -0.05) is 27.7 Å². The predicted octanol–water partition coefficient (Wildman–Crippen LogP) is 3.50. The summed E-state index contributed by atoms with van der Waals surface area (Å²) in [5, 5.41) is 3.24. The van der Waals surface area contributed by atoms with E-state index in [2.05, 4.69) is 33.0 Å². The molecule has 0 bridgehead atoms. The summed E-state index contributed by atoms with van der Waals surface area (Å²) in [5.74, 6) is 0.200. The minimum atomic E-state index is -0.368. The molecule has 1 aromatic rings. The molecule has 0 amide bonds. The number of hydrogen-bond donors (Lipinski definition) is 2. The fourth-order valence-corrected chi connectivity index (χ4v) is 1.17. The van der Waals surface area contributed by atoms with Crippen LogP contribution in [0.2, 0.25) is 0 Å². The molecule has 0 spiro atoms. The Labute approximate surface area is 97.0 Å². The summed E-state index contributed by atoms with van der Waals surface area (Å²) in [6.07, 6.45) is 0. The van der Waals surface area contributed by atoms with E-state index in [9.17, 15) is 4.39 Å². The second-order valence-electron chi connectivity index (χ2n) is 5.23. The number of hydrogen-bond acceptors (Lipinski definition) is 2. The van der Waals surface area contributed by atoms with Crippen molar-refractivity contribution in [3.63, 3.8) is 0 Å². The maximum atomic E-state index is 13.2. The Morgan fingerprint density at radius 3 is 2.50 bits per heavy atom. The van der Waals surface area contributed by atoms with Crippen molar-refractivity contribution in [2.45, 2.75) is 27.7 Å². The van der Waals surface area contributed by atoms with Gasteiger partial charge >= 0.3 is 0 Å². The van der Waals surface area contributed by atoms with Crippen LogP contribution in [0.25, 0.3) is 0 Å². The summed E-state index contributed by atoms with van der Waals surface area (Å²) in [6.45, 7) is 9.57. The average molecular weight is 224 g/mol. The van der Waals surface area contributed by atoms with Crippen molar-refractivity contribution in [1.29, 1.82) is 0 Å². The van der Waals surface area contributed by atoms with Crippen molar-refractivity contribution < 1.29 is 4.39 Å². The van der Waals surface area contributed by atoms with Gasteiger partial charge in [0, 0.05) is 12.2 Å². The molecule has 3 heteroatoms. The van der Waals surface area contributed by atoms with Gasteiger partial charge in [-0.3, -0.25) is 0 Å². The summed E-state index contributed by atoms with van der Waals surface area (Å²) in [4.78, 5) is 0.